The molecule has 1 heterocycles. The van der Waals surface area contributed by atoms with Crippen LogP contribution in [0.25, 0.3) is 0 Å². The van der Waals surface area contributed by atoms with Gasteiger partial charge in [0.15, 0.2) is 0 Å². The standard InChI is InChI=1S/C18H18ClFN2O/c19-17-4-2-1-3-15(17)13-21-9-11-22(12-10-21)18(23)14-5-7-16(20)8-6-14/h1-8H,9-13H2/p+1. The highest BCUT2D eigenvalue weighted by Crippen LogP contribution is 2.13. The summed E-state index contributed by atoms with van der Waals surface area (Å²) in [7, 11) is 0. The number of piperazine rings is 1. The average Bonchev–Trinajstić information content (AvgIpc) is 2.58. The van der Waals surface area contributed by atoms with Crippen molar-refractivity contribution in [2.24, 2.45) is 0 Å². The summed E-state index contributed by atoms with van der Waals surface area (Å²) in [6.45, 7) is 4.06. The van der Waals surface area contributed by atoms with E-state index in [0.717, 1.165) is 30.2 Å². The predicted octanol–water partition coefficient (Wildman–Crippen LogP) is 2.02. The van der Waals surface area contributed by atoms with Gasteiger partial charge in [0.05, 0.1) is 26.2 Å². The molecule has 2 aromatic rings. The van der Waals surface area contributed by atoms with Crippen LogP contribution in [0.3, 0.4) is 0 Å². The molecule has 0 atom stereocenters. The lowest BCUT2D eigenvalue weighted by atomic mass is 10.1. The van der Waals surface area contributed by atoms with Gasteiger partial charge in [0, 0.05) is 16.1 Å². The Labute approximate surface area is 140 Å². The lowest BCUT2D eigenvalue weighted by molar-refractivity contribution is -0.917. The summed E-state index contributed by atoms with van der Waals surface area (Å²) in [5.41, 5.74) is 1.68. The van der Waals surface area contributed by atoms with Gasteiger partial charge in [0.25, 0.3) is 5.91 Å². The Balaban J connectivity index is 1.57. The SMILES string of the molecule is O=C(c1ccc(F)cc1)N1CC[NH+](Cc2ccccc2Cl)CC1. The van der Waals surface area contributed by atoms with Crippen LogP contribution < -0.4 is 4.90 Å². The van der Waals surface area contributed by atoms with Crippen molar-refractivity contribution in [3.63, 3.8) is 0 Å². The molecule has 0 aromatic heterocycles. The molecular weight excluding hydrogens is 315 g/mol. The van der Waals surface area contributed by atoms with E-state index < -0.39 is 0 Å². The Morgan fingerprint density at radius 3 is 2.39 bits per heavy atom. The lowest BCUT2D eigenvalue weighted by Gasteiger charge is -2.32. The monoisotopic (exact) mass is 333 g/mol. The number of hydrogen-bond donors (Lipinski definition) is 1. The number of quaternary nitrogens is 1. The van der Waals surface area contributed by atoms with E-state index in [2.05, 4.69) is 0 Å². The molecule has 1 saturated heterocycles. The van der Waals surface area contributed by atoms with Crippen molar-refractivity contribution in [3.05, 3.63) is 70.5 Å². The number of rotatable bonds is 3. The number of carbonyl (C=O) groups is 1. The van der Waals surface area contributed by atoms with Crippen molar-refractivity contribution >= 4 is 17.5 Å². The Morgan fingerprint density at radius 2 is 1.74 bits per heavy atom. The van der Waals surface area contributed by atoms with Gasteiger partial charge in [-0.2, -0.15) is 0 Å². The van der Waals surface area contributed by atoms with Crippen molar-refractivity contribution in [1.82, 2.24) is 4.90 Å². The quantitative estimate of drug-likeness (QED) is 0.913. The van der Waals surface area contributed by atoms with Crippen molar-refractivity contribution in [2.45, 2.75) is 6.54 Å². The molecule has 1 amide bonds. The first-order valence-corrected chi connectivity index (χ1v) is 8.13. The van der Waals surface area contributed by atoms with Crippen molar-refractivity contribution < 1.29 is 14.1 Å². The van der Waals surface area contributed by atoms with E-state index >= 15 is 0 Å². The maximum atomic E-state index is 12.9. The van der Waals surface area contributed by atoms with Crippen LogP contribution in [0, 0.1) is 5.82 Å². The molecule has 3 rings (SSSR count). The number of hydrogen-bond acceptors (Lipinski definition) is 1. The zero-order chi connectivity index (χ0) is 16.2. The van der Waals surface area contributed by atoms with E-state index in [9.17, 15) is 9.18 Å². The number of benzene rings is 2. The van der Waals surface area contributed by atoms with Crippen LogP contribution in [0.15, 0.2) is 48.5 Å². The lowest BCUT2D eigenvalue weighted by Crippen LogP contribution is -3.13. The molecule has 0 spiro atoms. The first-order valence-electron chi connectivity index (χ1n) is 7.75. The number of nitrogens with one attached hydrogen (secondary N) is 1. The van der Waals surface area contributed by atoms with E-state index in [0.29, 0.717) is 18.7 Å². The van der Waals surface area contributed by atoms with E-state index in [1.807, 2.05) is 29.2 Å². The minimum absolute atomic E-state index is 0.0261. The van der Waals surface area contributed by atoms with Gasteiger partial charge in [-0.05, 0) is 30.3 Å². The molecule has 5 heteroatoms. The topological polar surface area (TPSA) is 24.8 Å². The second-order valence-corrected chi connectivity index (χ2v) is 6.22. The number of nitrogens with zero attached hydrogens (tertiary/aromatic N) is 1. The summed E-state index contributed by atoms with van der Waals surface area (Å²) in [5, 5.41) is 0.796. The Hall–Kier alpha value is -1.91. The highest BCUT2D eigenvalue weighted by Gasteiger charge is 2.24. The molecule has 23 heavy (non-hydrogen) atoms. The van der Waals surface area contributed by atoms with Gasteiger partial charge in [-0.3, -0.25) is 4.79 Å². The molecule has 0 radical (unpaired) electrons. The van der Waals surface area contributed by atoms with Crippen LogP contribution >= 0.6 is 11.6 Å². The van der Waals surface area contributed by atoms with Crippen LogP contribution in [-0.4, -0.2) is 37.0 Å². The highest BCUT2D eigenvalue weighted by molar-refractivity contribution is 6.31. The zero-order valence-electron chi connectivity index (χ0n) is 12.8. The van der Waals surface area contributed by atoms with Gasteiger partial charge in [0.2, 0.25) is 0 Å². The molecule has 0 bridgehead atoms. The normalized spacial score (nSPS) is 15.7. The number of carbonyl (C=O) groups excluding carboxylic acids is 1. The maximum absolute atomic E-state index is 12.9. The fourth-order valence-electron chi connectivity index (χ4n) is 2.89. The second-order valence-electron chi connectivity index (χ2n) is 5.82. The zero-order valence-corrected chi connectivity index (χ0v) is 13.5. The summed E-state index contributed by atoms with van der Waals surface area (Å²) < 4.78 is 12.9. The maximum Gasteiger partial charge on any atom is 0.254 e. The average molecular weight is 334 g/mol. The number of amides is 1. The molecule has 0 aliphatic carbocycles. The van der Waals surface area contributed by atoms with Crippen LogP contribution in [0.4, 0.5) is 4.39 Å². The number of halogens is 2. The fraction of sp³-hybridized carbons (Fsp3) is 0.278. The molecule has 1 aliphatic heterocycles. The van der Waals surface area contributed by atoms with Crippen molar-refractivity contribution in [3.8, 4) is 0 Å². The third kappa shape index (κ3) is 3.89. The van der Waals surface area contributed by atoms with Crippen LogP contribution in [0.5, 0.6) is 0 Å². The minimum atomic E-state index is -0.324. The summed E-state index contributed by atoms with van der Waals surface area (Å²) in [5.74, 6) is -0.350. The highest BCUT2D eigenvalue weighted by atomic mass is 35.5. The third-order valence-electron chi connectivity index (χ3n) is 4.25. The molecule has 1 N–H and O–H groups in total. The first-order chi connectivity index (χ1) is 11.1. The summed E-state index contributed by atoms with van der Waals surface area (Å²) in [6.07, 6.45) is 0. The van der Waals surface area contributed by atoms with E-state index in [1.165, 1.54) is 17.0 Å². The Morgan fingerprint density at radius 1 is 1.09 bits per heavy atom. The second kappa shape index (κ2) is 7.11. The molecule has 2 aromatic carbocycles. The molecular formula is C18H19ClFN2O+. The first kappa shape index (κ1) is 16.0. The summed E-state index contributed by atoms with van der Waals surface area (Å²) in [6, 6.07) is 13.6. The molecule has 1 aliphatic rings. The Bertz CT molecular complexity index is 682. The van der Waals surface area contributed by atoms with E-state index in [-0.39, 0.29) is 11.7 Å². The Kier molecular flexibility index (Phi) is 4.94. The van der Waals surface area contributed by atoms with Gasteiger partial charge in [-0.15, -0.1) is 0 Å². The molecule has 3 nitrogen and oxygen atoms in total. The van der Waals surface area contributed by atoms with Crippen LogP contribution in [0.2, 0.25) is 5.02 Å². The van der Waals surface area contributed by atoms with Gasteiger partial charge >= 0.3 is 0 Å². The van der Waals surface area contributed by atoms with Gasteiger partial charge in [0.1, 0.15) is 12.4 Å². The van der Waals surface area contributed by atoms with E-state index in [1.54, 1.807) is 12.1 Å². The fourth-order valence-corrected chi connectivity index (χ4v) is 3.09. The van der Waals surface area contributed by atoms with Crippen LogP contribution in [-0.2, 0) is 6.54 Å². The molecule has 0 saturated carbocycles. The van der Waals surface area contributed by atoms with E-state index in [4.69, 9.17) is 11.6 Å². The van der Waals surface area contributed by atoms with Crippen LogP contribution in [0.1, 0.15) is 15.9 Å². The smallest absolute Gasteiger partial charge is 0.254 e. The molecule has 0 unspecified atom stereocenters. The third-order valence-corrected chi connectivity index (χ3v) is 4.62. The molecule has 1 fully saturated rings. The van der Waals surface area contributed by atoms with Crippen molar-refractivity contribution in [1.29, 1.82) is 0 Å². The largest absolute Gasteiger partial charge is 0.328 e. The van der Waals surface area contributed by atoms with Gasteiger partial charge in [-0.25, -0.2) is 4.39 Å². The summed E-state index contributed by atoms with van der Waals surface area (Å²) in [4.78, 5) is 15.7. The molecule has 120 valence electrons. The predicted molar refractivity (Wildman–Crippen MR) is 88.2 cm³/mol. The summed E-state index contributed by atoms with van der Waals surface area (Å²) >= 11 is 6.21. The minimum Gasteiger partial charge on any atom is -0.328 e. The van der Waals surface area contributed by atoms with Gasteiger partial charge < -0.3 is 9.80 Å². The van der Waals surface area contributed by atoms with Crippen molar-refractivity contribution in [2.75, 3.05) is 26.2 Å². The van der Waals surface area contributed by atoms with Gasteiger partial charge in [-0.1, -0.05) is 29.8 Å².